The Morgan fingerprint density at radius 2 is 1.97 bits per heavy atom. The Bertz CT molecular complexity index is 1040. The van der Waals surface area contributed by atoms with Crippen LogP contribution in [0.2, 0.25) is 0 Å². The molecule has 5 nitrogen and oxygen atoms in total. The Balaban J connectivity index is 1.21. The third-order valence-electron chi connectivity index (χ3n) is 11.2. The molecule has 1 saturated heterocycles. The van der Waals surface area contributed by atoms with Gasteiger partial charge in [-0.3, -0.25) is 9.69 Å². The molecular formula is C29H39NO4. The SMILES string of the molecule is C[C@]12CC[C@H](N3CCCC3C(=O)O)C[C@H]1CC[C@H]1C3=CC[C@H](c4ccc(=O)oc4)[C@@]3(C)CC[C@@H]12. The fourth-order valence-electron chi connectivity index (χ4n) is 9.43. The number of nitrogens with zero attached hydrogens (tertiary/aromatic N) is 1. The first-order valence-corrected chi connectivity index (χ1v) is 13.6. The van der Waals surface area contributed by atoms with Crippen LogP contribution in [0.3, 0.4) is 0 Å². The van der Waals surface area contributed by atoms with Crippen molar-refractivity contribution in [1.29, 1.82) is 0 Å². The summed E-state index contributed by atoms with van der Waals surface area (Å²) in [5.74, 6) is 1.93. The molecule has 6 rings (SSSR count). The maximum absolute atomic E-state index is 11.8. The van der Waals surface area contributed by atoms with Crippen molar-refractivity contribution in [1.82, 2.24) is 4.90 Å². The normalized spacial score (nSPS) is 44.1. The quantitative estimate of drug-likeness (QED) is 0.588. The number of fused-ring (bicyclic) bond motifs is 5. The lowest BCUT2D eigenvalue weighted by Crippen LogP contribution is -2.54. The van der Waals surface area contributed by atoms with Crippen molar-refractivity contribution in [2.24, 2.45) is 28.6 Å². The van der Waals surface area contributed by atoms with Gasteiger partial charge in [0.25, 0.3) is 0 Å². The molecule has 5 aliphatic rings. The monoisotopic (exact) mass is 465 g/mol. The van der Waals surface area contributed by atoms with Crippen molar-refractivity contribution in [2.75, 3.05) is 6.54 Å². The van der Waals surface area contributed by atoms with Gasteiger partial charge in [-0.2, -0.15) is 0 Å². The van der Waals surface area contributed by atoms with E-state index in [1.54, 1.807) is 17.9 Å². The van der Waals surface area contributed by atoms with Gasteiger partial charge in [0.1, 0.15) is 6.04 Å². The molecule has 0 aromatic carbocycles. The van der Waals surface area contributed by atoms with Crippen LogP contribution in [0.25, 0.3) is 0 Å². The van der Waals surface area contributed by atoms with Gasteiger partial charge in [-0.05, 0) is 117 Å². The van der Waals surface area contributed by atoms with E-state index >= 15 is 0 Å². The molecule has 1 aromatic heterocycles. The molecule has 0 bridgehead atoms. The number of allylic oxidation sites excluding steroid dienone is 2. The van der Waals surface area contributed by atoms with Gasteiger partial charge in [-0.25, -0.2) is 4.79 Å². The van der Waals surface area contributed by atoms with Gasteiger partial charge in [-0.15, -0.1) is 0 Å². The van der Waals surface area contributed by atoms with Crippen molar-refractivity contribution in [3.8, 4) is 0 Å². The number of rotatable bonds is 3. The molecule has 1 unspecified atom stereocenters. The van der Waals surface area contributed by atoms with E-state index in [2.05, 4.69) is 24.8 Å². The van der Waals surface area contributed by atoms with Crippen LogP contribution in [-0.4, -0.2) is 34.6 Å². The Morgan fingerprint density at radius 3 is 2.74 bits per heavy atom. The zero-order chi connectivity index (χ0) is 23.7. The van der Waals surface area contributed by atoms with Crippen LogP contribution in [0.5, 0.6) is 0 Å². The summed E-state index contributed by atoms with van der Waals surface area (Å²) in [6, 6.07) is 3.74. The molecule has 184 valence electrons. The average Bonchev–Trinajstić information content (AvgIpc) is 3.44. The van der Waals surface area contributed by atoms with E-state index in [0.717, 1.165) is 38.1 Å². The van der Waals surface area contributed by atoms with Crippen molar-refractivity contribution in [2.45, 2.75) is 96.1 Å². The second-order valence-electron chi connectivity index (χ2n) is 12.4. The molecule has 1 N–H and O–H groups in total. The summed E-state index contributed by atoms with van der Waals surface area (Å²) in [7, 11) is 0. The standard InChI is InChI=1S/C29H39NO4/c1-28-13-11-20(30-15-3-4-25(30)27(32)33)16-19(28)6-7-21-23-9-8-22(18-5-10-26(31)34-17-18)29(23,2)14-12-24(21)28/h5,9-10,17,19-22,24-25H,3-4,6-8,11-16H2,1-2H3,(H,32,33)/t19-,20+,21+,22-,24+,25?,28+,29-/m1/s1. The summed E-state index contributed by atoms with van der Waals surface area (Å²) >= 11 is 0. The highest BCUT2D eigenvalue weighted by molar-refractivity contribution is 5.73. The van der Waals surface area contributed by atoms with Crippen LogP contribution < -0.4 is 5.63 Å². The summed E-state index contributed by atoms with van der Waals surface area (Å²) in [6.45, 7) is 6.00. The van der Waals surface area contributed by atoms with E-state index in [4.69, 9.17) is 4.42 Å². The van der Waals surface area contributed by atoms with E-state index in [1.165, 1.54) is 44.1 Å². The highest BCUT2D eigenvalue weighted by atomic mass is 16.4. The highest BCUT2D eigenvalue weighted by Crippen LogP contribution is 2.67. The van der Waals surface area contributed by atoms with Gasteiger partial charge >= 0.3 is 11.6 Å². The molecule has 4 fully saturated rings. The molecule has 3 saturated carbocycles. The molecule has 1 aromatic rings. The Morgan fingerprint density at radius 1 is 1.12 bits per heavy atom. The molecule has 4 aliphatic carbocycles. The highest BCUT2D eigenvalue weighted by Gasteiger charge is 2.58. The topological polar surface area (TPSA) is 70.8 Å². The number of carboxylic acid groups (broad SMARTS) is 1. The third-order valence-corrected chi connectivity index (χ3v) is 11.2. The summed E-state index contributed by atoms with van der Waals surface area (Å²) < 4.78 is 5.24. The summed E-state index contributed by atoms with van der Waals surface area (Å²) in [5.41, 5.74) is 3.14. The minimum Gasteiger partial charge on any atom is -0.480 e. The van der Waals surface area contributed by atoms with E-state index in [0.29, 0.717) is 29.2 Å². The second-order valence-corrected chi connectivity index (χ2v) is 12.4. The zero-order valence-electron chi connectivity index (χ0n) is 20.7. The largest absolute Gasteiger partial charge is 0.480 e. The predicted molar refractivity (Wildman–Crippen MR) is 131 cm³/mol. The molecule has 0 spiro atoms. The Hall–Kier alpha value is -1.88. The first-order valence-electron chi connectivity index (χ1n) is 13.6. The summed E-state index contributed by atoms with van der Waals surface area (Å²) in [6.07, 6.45) is 15.8. The molecule has 34 heavy (non-hydrogen) atoms. The van der Waals surface area contributed by atoms with Crippen molar-refractivity contribution in [3.63, 3.8) is 0 Å². The lowest BCUT2D eigenvalue weighted by Gasteiger charge is -2.60. The van der Waals surface area contributed by atoms with E-state index in [1.807, 2.05) is 6.07 Å². The number of likely N-dealkylation sites (tertiary alicyclic amines) is 1. The number of hydrogen-bond donors (Lipinski definition) is 1. The number of aliphatic carboxylic acids is 1. The lowest BCUT2D eigenvalue weighted by molar-refractivity contribution is -0.144. The molecular weight excluding hydrogens is 426 g/mol. The maximum Gasteiger partial charge on any atom is 0.335 e. The van der Waals surface area contributed by atoms with Crippen molar-refractivity contribution in [3.05, 3.63) is 46.0 Å². The number of carboxylic acids is 1. The summed E-state index contributed by atoms with van der Waals surface area (Å²) in [4.78, 5) is 25.6. The first kappa shape index (κ1) is 22.6. The summed E-state index contributed by atoms with van der Waals surface area (Å²) in [5, 5.41) is 9.71. The minimum absolute atomic E-state index is 0.172. The van der Waals surface area contributed by atoms with Gasteiger partial charge in [0.05, 0.1) is 6.26 Å². The van der Waals surface area contributed by atoms with E-state index in [-0.39, 0.29) is 17.1 Å². The van der Waals surface area contributed by atoms with Crippen LogP contribution >= 0.6 is 0 Å². The lowest BCUT2D eigenvalue weighted by atomic mass is 9.45. The van der Waals surface area contributed by atoms with Crippen LogP contribution in [-0.2, 0) is 4.79 Å². The van der Waals surface area contributed by atoms with Gasteiger partial charge < -0.3 is 9.52 Å². The molecule has 8 atom stereocenters. The van der Waals surface area contributed by atoms with Crippen molar-refractivity contribution >= 4 is 5.97 Å². The molecule has 0 radical (unpaired) electrons. The average molecular weight is 466 g/mol. The van der Waals surface area contributed by atoms with E-state index in [9.17, 15) is 14.7 Å². The van der Waals surface area contributed by atoms with Gasteiger partial charge in [-0.1, -0.05) is 25.5 Å². The fraction of sp³-hybridized carbons (Fsp3) is 0.724. The molecule has 5 heteroatoms. The molecule has 2 heterocycles. The van der Waals surface area contributed by atoms with Crippen LogP contribution in [0.1, 0.15) is 89.5 Å². The van der Waals surface area contributed by atoms with Crippen LogP contribution in [0.4, 0.5) is 0 Å². The molecule has 0 amide bonds. The van der Waals surface area contributed by atoms with E-state index < -0.39 is 5.97 Å². The van der Waals surface area contributed by atoms with Crippen LogP contribution in [0, 0.1) is 28.6 Å². The number of carbonyl (C=O) groups is 1. The third kappa shape index (κ3) is 3.29. The molecule has 1 aliphatic heterocycles. The van der Waals surface area contributed by atoms with Gasteiger partial charge in [0.15, 0.2) is 0 Å². The predicted octanol–water partition coefficient (Wildman–Crippen LogP) is 5.60. The Labute approximate surface area is 202 Å². The van der Waals surface area contributed by atoms with Crippen molar-refractivity contribution < 1.29 is 14.3 Å². The Kier molecular flexibility index (Phi) is 5.36. The number of hydrogen-bond acceptors (Lipinski definition) is 4. The zero-order valence-corrected chi connectivity index (χ0v) is 20.7. The smallest absolute Gasteiger partial charge is 0.335 e. The minimum atomic E-state index is -0.624. The second kappa shape index (κ2) is 8.08. The van der Waals surface area contributed by atoms with Gasteiger partial charge in [0.2, 0.25) is 0 Å². The van der Waals surface area contributed by atoms with Crippen LogP contribution in [0.15, 0.2) is 39.3 Å². The van der Waals surface area contributed by atoms with Gasteiger partial charge in [0, 0.05) is 12.1 Å². The first-order chi connectivity index (χ1) is 16.3. The fourth-order valence-corrected chi connectivity index (χ4v) is 9.43. The maximum atomic E-state index is 11.8.